The smallest absolute Gasteiger partial charge is 0.129 e. The van der Waals surface area contributed by atoms with Gasteiger partial charge in [0.25, 0.3) is 0 Å². The Morgan fingerprint density at radius 2 is 2.06 bits per heavy atom. The van der Waals surface area contributed by atoms with Gasteiger partial charge in [-0.3, -0.25) is 0 Å². The van der Waals surface area contributed by atoms with E-state index in [4.69, 9.17) is 0 Å². The first kappa shape index (κ1) is 14.1. The Morgan fingerprint density at radius 1 is 1.38 bits per heavy atom. The minimum absolute atomic E-state index is 0.665. The number of hydrogen-bond donors (Lipinski definition) is 0. The molecule has 0 bridgehead atoms. The second-order valence-electron chi connectivity index (χ2n) is 5.87. The van der Waals surface area contributed by atoms with E-state index in [0.29, 0.717) is 5.92 Å². The molecule has 0 heterocycles. The van der Waals surface area contributed by atoms with Crippen LogP contribution in [0, 0.1) is 23.3 Å². The van der Waals surface area contributed by atoms with Crippen LogP contribution in [0.5, 0.6) is 0 Å². The van der Waals surface area contributed by atoms with E-state index >= 15 is 0 Å². The summed E-state index contributed by atoms with van der Waals surface area (Å²) < 4.78 is 1.14. The van der Waals surface area contributed by atoms with E-state index in [-0.39, 0.29) is 0 Å². The first-order chi connectivity index (χ1) is 7.38. The average molecular weight is 299 g/mol. The van der Waals surface area contributed by atoms with E-state index in [1.807, 2.05) is 0 Å². The molecule has 2 heteroatoms. The summed E-state index contributed by atoms with van der Waals surface area (Å²) in [5.41, 5.74) is 3.54. The van der Waals surface area contributed by atoms with Crippen LogP contribution in [-0.4, -0.2) is 8.07 Å². The number of allylic oxidation sites excluding steroid dienone is 1. The normalized spacial score (nSPS) is 25.0. The third kappa shape index (κ3) is 5.36. The first-order valence-corrected chi connectivity index (χ1v) is 10.5. The molecule has 0 aromatic rings. The molecule has 0 aromatic heterocycles. The zero-order valence-corrected chi connectivity index (χ0v) is 13.4. The second-order valence-corrected chi connectivity index (χ2v) is 11.7. The van der Waals surface area contributed by atoms with Crippen molar-refractivity contribution in [3.8, 4) is 11.5 Å². The van der Waals surface area contributed by atoms with Gasteiger partial charge in [-0.2, -0.15) is 0 Å². The summed E-state index contributed by atoms with van der Waals surface area (Å²) in [5, 5.41) is 0. The molecule has 0 nitrogen and oxygen atoms in total. The van der Waals surface area contributed by atoms with Crippen LogP contribution in [0.15, 0.2) is 11.1 Å². The lowest BCUT2D eigenvalue weighted by molar-refractivity contribution is 0.440. The minimum Gasteiger partial charge on any atom is -0.132 e. The Labute approximate surface area is 110 Å². The van der Waals surface area contributed by atoms with Gasteiger partial charge in [-0.1, -0.05) is 48.6 Å². The molecule has 1 rings (SSSR count). The Balaban J connectivity index is 2.51. The highest BCUT2D eigenvalue weighted by atomic mass is 79.9. The Morgan fingerprint density at radius 3 is 2.62 bits per heavy atom. The van der Waals surface area contributed by atoms with E-state index in [1.54, 1.807) is 0 Å². The van der Waals surface area contributed by atoms with Crippen molar-refractivity contribution in [3.63, 3.8) is 0 Å². The van der Waals surface area contributed by atoms with Gasteiger partial charge in [0, 0.05) is 5.92 Å². The Hall–Kier alpha value is -0.00312. The Kier molecular flexibility index (Phi) is 5.34. The molecule has 0 radical (unpaired) electrons. The van der Waals surface area contributed by atoms with Crippen LogP contribution in [0.25, 0.3) is 0 Å². The second kappa shape index (κ2) is 6.07. The van der Waals surface area contributed by atoms with Crippen molar-refractivity contribution in [1.82, 2.24) is 0 Å². The molecule has 0 aliphatic heterocycles. The molecule has 1 fully saturated rings. The number of rotatable bonds is 3. The van der Waals surface area contributed by atoms with Crippen LogP contribution in [-0.2, 0) is 0 Å². The van der Waals surface area contributed by atoms with Gasteiger partial charge in [-0.15, -0.1) is 11.5 Å². The predicted molar refractivity (Wildman–Crippen MR) is 79.3 cm³/mol. The molecular weight excluding hydrogens is 276 g/mol. The molecule has 1 aliphatic rings. The van der Waals surface area contributed by atoms with Crippen molar-refractivity contribution in [1.29, 1.82) is 0 Å². The van der Waals surface area contributed by atoms with Crippen LogP contribution >= 0.6 is 15.9 Å². The van der Waals surface area contributed by atoms with Crippen LogP contribution in [0.2, 0.25) is 19.6 Å². The van der Waals surface area contributed by atoms with E-state index in [2.05, 4.69) is 53.6 Å². The zero-order valence-electron chi connectivity index (χ0n) is 10.8. The predicted octanol–water partition coefficient (Wildman–Crippen LogP) is 4.97. The van der Waals surface area contributed by atoms with Crippen molar-refractivity contribution in [2.24, 2.45) is 11.8 Å². The standard InChI is InChI=1S/C14H23BrSi/c1-12(15)8-9-13-6-5-7-14(13)10-11-16(2,3)4/h13-14H,1,5-9H2,2-4H3/t13-,14+/m0/s1. The highest BCUT2D eigenvalue weighted by molar-refractivity contribution is 9.11. The fourth-order valence-electron chi connectivity index (χ4n) is 2.22. The molecule has 0 amide bonds. The average Bonchev–Trinajstić information content (AvgIpc) is 2.57. The topological polar surface area (TPSA) is 0 Å². The van der Waals surface area contributed by atoms with E-state index in [1.165, 1.54) is 25.7 Å². The van der Waals surface area contributed by atoms with E-state index in [9.17, 15) is 0 Å². The number of hydrogen-bond acceptors (Lipinski definition) is 0. The summed E-state index contributed by atoms with van der Waals surface area (Å²) in [6.07, 6.45) is 6.41. The lowest BCUT2D eigenvalue weighted by Crippen LogP contribution is -2.17. The van der Waals surface area contributed by atoms with Crippen LogP contribution in [0.3, 0.4) is 0 Å². The van der Waals surface area contributed by atoms with Crippen molar-refractivity contribution in [2.75, 3.05) is 0 Å². The maximum atomic E-state index is 3.91. The van der Waals surface area contributed by atoms with Gasteiger partial charge in [0.15, 0.2) is 0 Å². The molecule has 0 N–H and O–H groups in total. The number of halogens is 1. The van der Waals surface area contributed by atoms with Gasteiger partial charge in [0.1, 0.15) is 8.07 Å². The molecule has 90 valence electrons. The summed E-state index contributed by atoms with van der Waals surface area (Å²) in [5.74, 6) is 5.05. The summed E-state index contributed by atoms with van der Waals surface area (Å²) in [7, 11) is -1.19. The minimum atomic E-state index is -1.19. The summed E-state index contributed by atoms with van der Waals surface area (Å²) >= 11 is 3.45. The van der Waals surface area contributed by atoms with Crippen molar-refractivity contribution < 1.29 is 0 Å². The Bertz CT molecular complexity index is 303. The summed E-state index contributed by atoms with van der Waals surface area (Å²) in [6.45, 7) is 10.9. The summed E-state index contributed by atoms with van der Waals surface area (Å²) in [6, 6.07) is 0. The molecule has 1 saturated carbocycles. The van der Waals surface area contributed by atoms with Crippen molar-refractivity contribution in [3.05, 3.63) is 11.1 Å². The fourth-order valence-corrected chi connectivity index (χ4v) is 3.07. The van der Waals surface area contributed by atoms with Gasteiger partial charge < -0.3 is 0 Å². The van der Waals surface area contributed by atoms with Gasteiger partial charge in [0.05, 0.1) is 0 Å². The maximum absolute atomic E-state index is 3.91. The van der Waals surface area contributed by atoms with Gasteiger partial charge in [0.2, 0.25) is 0 Å². The van der Waals surface area contributed by atoms with Gasteiger partial charge in [-0.25, -0.2) is 0 Å². The zero-order chi connectivity index (χ0) is 12.2. The molecule has 2 atom stereocenters. The maximum Gasteiger partial charge on any atom is 0.129 e. The largest absolute Gasteiger partial charge is 0.132 e. The van der Waals surface area contributed by atoms with E-state index in [0.717, 1.165) is 16.8 Å². The monoisotopic (exact) mass is 298 g/mol. The molecule has 0 aromatic carbocycles. The third-order valence-corrected chi connectivity index (χ3v) is 4.37. The molecule has 1 aliphatic carbocycles. The van der Waals surface area contributed by atoms with Crippen LogP contribution in [0.1, 0.15) is 32.1 Å². The quantitative estimate of drug-likeness (QED) is 0.510. The lowest BCUT2D eigenvalue weighted by atomic mass is 9.92. The molecule has 16 heavy (non-hydrogen) atoms. The molecule has 0 unspecified atom stereocenters. The molecular formula is C14H23BrSi. The SMILES string of the molecule is C=C(Br)CC[C@@H]1CCC[C@@H]1C#C[Si](C)(C)C. The first-order valence-electron chi connectivity index (χ1n) is 6.24. The van der Waals surface area contributed by atoms with Crippen molar-refractivity contribution in [2.45, 2.75) is 51.7 Å². The highest BCUT2D eigenvalue weighted by Gasteiger charge is 2.25. The van der Waals surface area contributed by atoms with Crippen LogP contribution in [0.4, 0.5) is 0 Å². The lowest BCUT2D eigenvalue weighted by Gasteiger charge is -2.15. The molecule has 0 saturated heterocycles. The van der Waals surface area contributed by atoms with E-state index < -0.39 is 8.07 Å². The van der Waals surface area contributed by atoms with Crippen molar-refractivity contribution >= 4 is 24.0 Å². The fraction of sp³-hybridized carbons (Fsp3) is 0.714. The van der Waals surface area contributed by atoms with Gasteiger partial charge in [-0.05, 0) is 36.1 Å². The van der Waals surface area contributed by atoms with Crippen LogP contribution < -0.4 is 0 Å². The van der Waals surface area contributed by atoms with Gasteiger partial charge >= 0.3 is 0 Å². The third-order valence-electron chi connectivity index (χ3n) is 3.08. The summed E-state index contributed by atoms with van der Waals surface area (Å²) in [4.78, 5) is 0. The highest BCUT2D eigenvalue weighted by Crippen LogP contribution is 2.35. The molecule has 0 spiro atoms.